The lowest BCUT2D eigenvalue weighted by molar-refractivity contribution is -0.140. The average Bonchev–Trinajstić information content (AvgIpc) is 3.05. The van der Waals surface area contributed by atoms with E-state index in [1.165, 1.54) is 0 Å². The van der Waals surface area contributed by atoms with Gasteiger partial charge in [-0.25, -0.2) is 0 Å². The van der Waals surface area contributed by atoms with Crippen LogP contribution in [0, 0.1) is 17.8 Å². The van der Waals surface area contributed by atoms with Gasteiger partial charge in [-0.3, -0.25) is 14.4 Å². The molecule has 2 aromatic carbocycles. The Morgan fingerprint density at radius 2 is 1.81 bits per heavy atom. The number of hydrogen-bond donors (Lipinski definition) is 2. The number of hydrogen-bond acceptors (Lipinski definition) is 4. The van der Waals surface area contributed by atoms with Gasteiger partial charge in [-0.1, -0.05) is 63.9 Å². The highest BCUT2D eigenvalue weighted by Gasteiger charge is 2.38. The van der Waals surface area contributed by atoms with Crippen molar-refractivity contribution in [3.05, 3.63) is 60.2 Å². The normalized spacial score (nSPS) is 18.4. The van der Waals surface area contributed by atoms with Crippen LogP contribution in [0.2, 0.25) is 0 Å². The molecule has 1 saturated heterocycles. The Bertz CT molecular complexity index is 1040. The summed E-state index contributed by atoms with van der Waals surface area (Å²) in [6, 6.07) is 16.7. The number of carbonyl (C=O) groups excluding carboxylic acids is 3. The minimum Gasteiger partial charge on any atom is -0.457 e. The lowest BCUT2D eigenvalue weighted by Gasteiger charge is -2.31. The summed E-state index contributed by atoms with van der Waals surface area (Å²) in [7, 11) is 0. The molecule has 2 aromatic rings. The highest BCUT2D eigenvalue weighted by Crippen LogP contribution is 2.29. The molecule has 1 unspecified atom stereocenters. The topological polar surface area (TPSA) is 102 Å². The van der Waals surface area contributed by atoms with E-state index < -0.39 is 23.8 Å². The van der Waals surface area contributed by atoms with Gasteiger partial charge in [-0.2, -0.15) is 0 Å². The Kier molecular flexibility index (Phi) is 10.5. The molecule has 1 aliphatic rings. The summed E-state index contributed by atoms with van der Waals surface area (Å²) < 4.78 is 5.96. The summed E-state index contributed by atoms with van der Waals surface area (Å²) >= 11 is 0. The van der Waals surface area contributed by atoms with E-state index in [4.69, 9.17) is 10.5 Å². The van der Waals surface area contributed by atoms with Gasteiger partial charge < -0.3 is 20.7 Å². The molecule has 1 heterocycles. The molecule has 7 nitrogen and oxygen atoms in total. The van der Waals surface area contributed by atoms with E-state index >= 15 is 0 Å². The van der Waals surface area contributed by atoms with Gasteiger partial charge in [0.15, 0.2) is 0 Å². The number of primary amides is 1. The summed E-state index contributed by atoms with van der Waals surface area (Å²) in [5, 5.41) is 3.01. The van der Waals surface area contributed by atoms with Crippen LogP contribution >= 0.6 is 0 Å². The molecular formula is C30H41N3O4. The van der Waals surface area contributed by atoms with Gasteiger partial charge in [0.05, 0.1) is 5.92 Å². The second kappa shape index (κ2) is 13.8. The summed E-state index contributed by atoms with van der Waals surface area (Å²) in [6.45, 7) is 7.02. The van der Waals surface area contributed by atoms with Crippen LogP contribution in [-0.4, -0.2) is 35.2 Å². The molecule has 37 heavy (non-hydrogen) atoms. The highest BCUT2D eigenvalue weighted by atomic mass is 16.5. The van der Waals surface area contributed by atoms with E-state index in [1.807, 2.05) is 80.3 Å². The summed E-state index contributed by atoms with van der Waals surface area (Å²) in [5.41, 5.74) is 6.66. The first-order valence-corrected chi connectivity index (χ1v) is 13.5. The molecule has 0 saturated carbocycles. The molecule has 0 spiro atoms. The number of para-hydroxylation sites is 1. The molecule has 0 bridgehead atoms. The van der Waals surface area contributed by atoms with Crippen molar-refractivity contribution in [2.75, 3.05) is 6.54 Å². The number of nitrogens with zero attached hydrogens (tertiary/aromatic N) is 1. The maximum atomic E-state index is 13.5. The summed E-state index contributed by atoms with van der Waals surface area (Å²) in [5.74, 6) is -0.424. The van der Waals surface area contributed by atoms with Crippen LogP contribution in [0.5, 0.6) is 11.5 Å². The number of rotatable bonds is 12. The van der Waals surface area contributed by atoms with Crippen molar-refractivity contribution in [3.63, 3.8) is 0 Å². The quantitative estimate of drug-likeness (QED) is 0.420. The molecule has 1 fully saturated rings. The molecule has 3 N–H and O–H groups in total. The van der Waals surface area contributed by atoms with Crippen molar-refractivity contribution in [1.82, 2.24) is 10.2 Å². The molecule has 0 aliphatic carbocycles. The van der Waals surface area contributed by atoms with Gasteiger partial charge in [-0.15, -0.1) is 0 Å². The molecule has 0 aromatic heterocycles. The fourth-order valence-corrected chi connectivity index (χ4v) is 5.12. The van der Waals surface area contributed by atoms with E-state index in [1.54, 1.807) is 0 Å². The van der Waals surface area contributed by atoms with E-state index in [0.717, 1.165) is 37.0 Å². The van der Waals surface area contributed by atoms with Crippen molar-refractivity contribution in [3.8, 4) is 11.5 Å². The van der Waals surface area contributed by atoms with Gasteiger partial charge in [0.25, 0.3) is 0 Å². The van der Waals surface area contributed by atoms with Crippen molar-refractivity contribution < 1.29 is 19.1 Å². The molecular weight excluding hydrogens is 466 g/mol. The molecule has 1 aliphatic heterocycles. The molecule has 3 rings (SSSR count). The van der Waals surface area contributed by atoms with E-state index in [2.05, 4.69) is 5.32 Å². The zero-order valence-corrected chi connectivity index (χ0v) is 22.3. The van der Waals surface area contributed by atoms with Crippen LogP contribution in [0.15, 0.2) is 54.6 Å². The number of amides is 3. The standard InChI is InChI=1S/C30H41N3O4/c1-4-12-25(28(31)34)27(21(3)5-2)29(35)32-26-17-9-10-18-33(30(26)36)20-22-13-11-16-24(19-22)37-23-14-7-6-8-15-23/h6-8,11,13-16,19,21,25-27H,4-5,9-10,12,17-18,20H2,1-3H3,(H2,31,34)(H,32,35)/t21?,25-,26-,27+/m0/s1. The number of nitrogens with one attached hydrogen (secondary N) is 1. The highest BCUT2D eigenvalue weighted by molar-refractivity contribution is 5.91. The van der Waals surface area contributed by atoms with Crippen molar-refractivity contribution >= 4 is 17.7 Å². The molecule has 7 heteroatoms. The predicted octanol–water partition coefficient (Wildman–Crippen LogP) is 5.04. The zero-order valence-electron chi connectivity index (χ0n) is 22.3. The molecule has 4 atom stereocenters. The van der Waals surface area contributed by atoms with Gasteiger partial charge in [-0.05, 0) is 61.4 Å². The van der Waals surface area contributed by atoms with E-state index in [-0.39, 0.29) is 17.7 Å². The second-order valence-electron chi connectivity index (χ2n) is 10.1. The van der Waals surface area contributed by atoms with Crippen LogP contribution < -0.4 is 15.8 Å². The Balaban J connectivity index is 1.72. The fraction of sp³-hybridized carbons (Fsp3) is 0.500. The minimum absolute atomic E-state index is 0.0200. The van der Waals surface area contributed by atoms with Crippen molar-refractivity contribution in [2.45, 2.75) is 71.9 Å². The van der Waals surface area contributed by atoms with Gasteiger partial charge in [0, 0.05) is 19.0 Å². The second-order valence-corrected chi connectivity index (χ2v) is 10.1. The van der Waals surface area contributed by atoms with Crippen LogP contribution in [-0.2, 0) is 20.9 Å². The first kappa shape index (κ1) is 28.2. The van der Waals surface area contributed by atoms with E-state index in [0.29, 0.717) is 31.7 Å². The van der Waals surface area contributed by atoms with Crippen LogP contribution in [0.1, 0.15) is 64.9 Å². The maximum Gasteiger partial charge on any atom is 0.245 e. The smallest absolute Gasteiger partial charge is 0.245 e. The number of nitrogens with two attached hydrogens (primary N) is 1. The van der Waals surface area contributed by atoms with Crippen molar-refractivity contribution in [1.29, 1.82) is 0 Å². The predicted molar refractivity (Wildman–Crippen MR) is 145 cm³/mol. The van der Waals surface area contributed by atoms with Crippen LogP contribution in [0.4, 0.5) is 0 Å². The van der Waals surface area contributed by atoms with Gasteiger partial charge in [0.2, 0.25) is 17.7 Å². The monoisotopic (exact) mass is 507 g/mol. The Morgan fingerprint density at radius 3 is 2.49 bits per heavy atom. The average molecular weight is 508 g/mol. The lowest BCUT2D eigenvalue weighted by atomic mass is 9.77. The molecule has 3 amide bonds. The first-order chi connectivity index (χ1) is 17.8. The van der Waals surface area contributed by atoms with Gasteiger partial charge >= 0.3 is 0 Å². The molecule has 200 valence electrons. The lowest BCUT2D eigenvalue weighted by Crippen LogP contribution is -2.51. The fourth-order valence-electron chi connectivity index (χ4n) is 5.12. The Labute approximate surface area is 220 Å². The van der Waals surface area contributed by atoms with Gasteiger partial charge in [0.1, 0.15) is 17.5 Å². The van der Waals surface area contributed by atoms with E-state index in [9.17, 15) is 14.4 Å². The third kappa shape index (κ3) is 7.81. The minimum atomic E-state index is -0.611. The SMILES string of the molecule is CCC[C@H](C(N)=O)[C@H](C(=O)N[C@H]1CCCCN(Cc2cccc(Oc3ccccc3)c2)C1=O)C(C)CC. The largest absolute Gasteiger partial charge is 0.457 e. The number of benzene rings is 2. The number of carbonyl (C=O) groups is 3. The third-order valence-electron chi connectivity index (χ3n) is 7.31. The van der Waals surface area contributed by atoms with Crippen LogP contribution in [0.25, 0.3) is 0 Å². The summed E-state index contributed by atoms with van der Waals surface area (Å²) in [4.78, 5) is 41.0. The number of likely N-dealkylation sites (tertiary alicyclic amines) is 1. The van der Waals surface area contributed by atoms with Crippen LogP contribution in [0.3, 0.4) is 0 Å². The third-order valence-corrected chi connectivity index (χ3v) is 7.31. The molecule has 0 radical (unpaired) electrons. The Morgan fingerprint density at radius 1 is 1.08 bits per heavy atom. The number of ether oxygens (including phenoxy) is 1. The summed E-state index contributed by atoms with van der Waals surface area (Å²) in [6.07, 6.45) is 4.36. The Hall–Kier alpha value is -3.35. The zero-order chi connectivity index (χ0) is 26.8. The maximum absolute atomic E-state index is 13.5. The van der Waals surface area contributed by atoms with Crippen molar-refractivity contribution in [2.24, 2.45) is 23.5 Å². The first-order valence-electron chi connectivity index (χ1n) is 13.5.